The summed E-state index contributed by atoms with van der Waals surface area (Å²) in [4.78, 5) is 2.39. The first kappa shape index (κ1) is 17.2. The highest BCUT2D eigenvalue weighted by Crippen LogP contribution is 2.20. The summed E-state index contributed by atoms with van der Waals surface area (Å²) in [5.41, 5.74) is 0. The second kappa shape index (κ2) is 7.90. The molecule has 6 heteroatoms. The quantitative estimate of drug-likeness (QED) is 0.839. The van der Waals surface area contributed by atoms with Gasteiger partial charge in [0.1, 0.15) is 0 Å². The number of nitrogens with zero attached hydrogens (tertiary/aromatic N) is 2. The molecular weight excluding hydrogens is 286 g/mol. The molecule has 0 saturated carbocycles. The van der Waals surface area contributed by atoms with E-state index in [1.165, 1.54) is 6.42 Å². The normalized spacial score (nSPS) is 30.2. The Balaban J connectivity index is 1.76. The van der Waals surface area contributed by atoms with E-state index in [9.17, 15) is 8.42 Å². The fraction of sp³-hybridized carbons (Fsp3) is 1.00. The molecule has 1 N–H and O–H groups in total. The lowest BCUT2D eigenvalue weighted by molar-refractivity contribution is 0.143. The second-order valence-electron chi connectivity index (χ2n) is 6.92. The number of nitrogens with one attached hydrogen (secondary N) is 1. The maximum absolute atomic E-state index is 12.3. The standard InChI is InChI=1S/C15H31N3O2S/c1-14-11-15(2)13-17(12-14)10-7-16-21(19,20)18-8-5-3-4-6-9-18/h14-16H,3-13H2,1-2H3. The maximum atomic E-state index is 12.3. The Kier molecular flexibility index (Phi) is 6.47. The average molecular weight is 317 g/mol. The molecule has 0 aromatic carbocycles. The molecule has 2 saturated heterocycles. The van der Waals surface area contributed by atoms with Crippen LogP contribution in [0.3, 0.4) is 0 Å². The van der Waals surface area contributed by atoms with Gasteiger partial charge in [-0.15, -0.1) is 0 Å². The third-order valence-corrected chi connectivity index (χ3v) is 6.18. The smallest absolute Gasteiger partial charge is 0.279 e. The lowest BCUT2D eigenvalue weighted by Gasteiger charge is -2.35. The summed E-state index contributed by atoms with van der Waals surface area (Å²) in [6.07, 6.45) is 5.56. The zero-order valence-corrected chi connectivity index (χ0v) is 14.4. The Morgan fingerprint density at radius 3 is 2.14 bits per heavy atom. The first-order valence-electron chi connectivity index (χ1n) is 8.44. The largest absolute Gasteiger partial charge is 0.302 e. The zero-order chi connectivity index (χ0) is 15.3. The zero-order valence-electron chi connectivity index (χ0n) is 13.6. The molecule has 2 aliphatic heterocycles. The van der Waals surface area contributed by atoms with Crippen molar-refractivity contribution < 1.29 is 8.42 Å². The van der Waals surface area contributed by atoms with Gasteiger partial charge in [-0.1, -0.05) is 26.7 Å². The van der Waals surface area contributed by atoms with E-state index in [4.69, 9.17) is 0 Å². The van der Waals surface area contributed by atoms with Crippen LogP contribution in [0.25, 0.3) is 0 Å². The molecule has 0 amide bonds. The van der Waals surface area contributed by atoms with Gasteiger partial charge in [0.05, 0.1) is 0 Å². The van der Waals surface area contributed by atoms with Crippen molar-refractivity contribution in [2.75, 3.05) is 39.3 Å². The monoisotopic (exact) mass is 317 g/mol. The van der Waals surface area contributed by atoms with E-state index in [1.54, 1.807) is 4.31 Å². The molecule has 0 aromatic rings. The van der Waals surface area contributed by atoms with E-state index >= 15 is 0 Å². The molecule has 2 atom stereocenters. The van der Waals surface area contributed by atoms with Gasteiger partial charge in [-0.25, -0.2) is 4.72 Å². The molecule has 2 rings (SSSR count). The van der Waals surface area contributed by atoms with Gasteiger partial charge in [-0.2, -0.15) is 12.7 Å². The molecular formula is C15H31N3O2S. The van der Waals surface area contributed by atoms with E-state index in [2.05, 4.69) is 23.5 Å². The van der Waals surface area contributed by atoms with Crippen molar-refractivity contribution in [1.29, 1.82) is 0 Å². The van der Waals surface area contributed by atoms with E-state index in [1.807, 2.05) is 0 Å². The van der Waals surface area contributed by atoms with Crippen LogP contribution in [-0.4, -0.2) is 56.9 Å². The molecule has 5 nitrogen and oxygen atoms in total. The van der Waals surface area contributed by atoms with Crippen LogP contribution in [0.4, 0.5) is 0 Å². The fourth-order valence-electron chi connectivity index (χ4n) is 3.68. The van der Waals surface area contributed by atoms with Crippen molar-refractivity contribution in [2.45, 2.75) is 46.0 Å². The molecule has 0 radical (unpaired) electrons. The molecule has 2 aliphatic rings. The summed E-state index contributed by atoms with van der Waals surface area (Å²) >= 11 is 0. The van der Waals surface area contributed by atoms with Gasteiger partial charge in [0.15, 0.2) is 0 Å². The Labute approximate surface area is 130 Å². The van der Waals surface area contributed by atoms with Crippen LogP contribution in [0, 0.1) is 11.8 Å². The first-order valence-corrected chi connectivity index (χ1v) is 9.88. The Hall–Kier alpha value is -0.170. The molecule has 0 aromatic heterocycles. The molecule has 21 heavy (non-hydrogen) atoms. The van der Waals surface area contributed by atoms with Crippen LogP contribution in [-0.2, 0) is 10.2 Å². The van der Waals surface area contributed by atoms with Crippen LogP contribution >= 0.6 is 0 Å². The third-order valence-electron chi connectivity index (χ3n) is 4.56. The minimum Gasteiger partial charge on any atom is -0.302 e. The molecule has 124 valence electrons. The summed E-state index contributed by atoms with van der Waals surface area (Å²) in [5, 5.41) is 0. The van der Waals surface area contributed by atoms with Crippen LogP contribution in [0.1, 0.15) is 46.0 Å². The van der Waals surface area contributed by atoms with Crippen molar-refractivity contribution in [3.05, 3.63) is 0 Å². The number of rotatable bonds is 5. The van der Waals surface area contributed by atoms with Crippen molar-refractivity contribution in [3.63, 3.8) is 0 Å². The maximum Gasteiger partial charge on any atom is 0.279 e. The predicted octanol–water partition coefficient (Wildman–Crippen LogP) is 1.67. The van der Waals surface area contributed by atoms with Crippen LogP contribution in [0.2, 0.25) is 0 Å². The third kappa shape index (κ3) is 5.51. The predicted molar refractivity (Wildman–Crippen MR) is 86.3 cm³/mol. The summed E-state index contributed by atoms with van der Waals surface area (Å²) in [6, 6.07) is 0. The van der Waals surface area contributed by atoms with E-state index in [0.717, 1.165) is 57.2 Å². The average Bonchev–Trinajstić information content (AvgIpc) is 2.66. The highest BCUT2D eigenvalue weighted by atomic mass is 32.2. The topological polar surface area (TPSA) is 52.7 Å². The SMILES string of the molecule is CC1CC(C)CN(CCNS(=O)(=O)N2CCCCCC2)C1. The Morgan fingerprint density at radius 2 is 1.57 bits per heavy atom. The summed E-state index contributed by atoms with van der Waals surface area (Å²) in [5.74, 6) is 1.44. The van der Waals surface area contributed by atoms with Gasteiger partial charge in [0.2, 0.25) is 0 Å². The van der Waals surface area contributed by atoms with E-state index < -0.39 is 10.2 Å². The molecule has 0 bridgehead atoms. The van der Waals surface area contributed by atoms with E-state index in [-0.39, 0.29) is 0 Å². The summed E-state index contributed by atoms with van der Waals surface area (Å²) in [7, 11) is -3.28. The van der Waals surface area contributed by atoms with Crippen LogP contribution < -0.4 is 4.72 Å². The van der Waals surface area contributed by atoms with Crippen LogP contribution in [0.5, 0.6) is 0 Å². The molecule has 0 spiro atoms. The molecule has 0 aliphatic carbocycles. The molecule has 2 unspecified atom stereocenters. The number of likely N-dealkylation sites (tertiary alicyclic amines) is 1. The summed E-state index contributed by atoms with van der Waals surface area (Å²) < 4.78 is 29.0. The van der Waals surface area contributed by atoms with Gasteiger partial charge in [0.25, 0.3) is 10.2 Å². The highest BCUT2D eigenvalue weighted by molar-refractivity contribution is 7.87. The first-order chi connectivity index (χ1) is 9.97. The van der Waals surface area contributed by atoms with Gasteiger partial charge >= 0.3 is 0 Å². The lowest BCUT2D eigenvalue weighted by Crippen LogP contribution is -2.46. The van der Waals surface area contributed by atoms with Gasteiger partial charge in [0, 0.05) is 39.3 Å². The Morgan fingerprint density at radius 1 is 1.00 bits per heavy atom. The minimum atomic E-state index is -3.28. The summed E-state index contributed by atoms with van der Waals surface area (Å²) in [6.45, 7) is 9.44. The van der Waals surface area contributed by atoms with Gasteiger partial charge < -0.3 is 4.90 Å². The van der Waals surface area contributed by atoms with Crippen LogP contribution in [0.15, 0.2) is 0 Å². The minimum absolute atomic E-state index is 0.526. The number of hydrogen-bond acceptors (Lipinski definition) is 3. The number of hydrogen-bond donors (Lipinski definition) is 1. The molecule has 2 heterocycles. The Bertz CT molecular complexity index is 395. The number of piperidine rings is 1. The molecule has 2 fully saturated rings. The second-order valence-corrected chi connectivity index (χ2v) is 8.67. The fourth-order valence-corrected chi connectivity index (χ4v) is 4.95. The van der Waals surface area contributed by atoms with Crippen molar-refractivity contribution in [1.82, 2.24) is 13.9 Å². The van der Waals surface area contributed by atoms with E-state index in [0.29, 0.717) is 19.6 Å². The van der Waals surface area contributed by atoms with Crippen molar-refractivity contribution >= 4 is 10.2 Å². The highest BCUT2D eigenvalue weighted by Gasteiger charge is 2.24. The lowest BCUT2D eigenvalue weighted by atomic mass is 9.92. The van der Waals surface area contributed by atoms with Crippen molar-refractivity contribution in [3.8, 4) is 0 Å². The van der Waals surface area contributed by atoms with Gasteiger partial charge in [-0.3, -0.25) is 0 Å². The van der Waals surface area contributed by atoms with Gasteiger partial charge in [-0.05, 0) is 31.1 Å². The van der Waals surface area contributed by atoms with Crippen molar-refractivity contribution in [2.24, 2.45) is 11.8 Å².